The zero-order valence-corrected chi connectivity index (χ0v) is 25.0. The van der Waals surface area contributed by atoms with Gasteiger partial charge in [0.05, 0.1) is 0 Å². The first-order valence-electron chi connectivity index (χ1n) is 15.6. The number of hydrogen-bond donors (Lipinski definition) is 0. The van der Waals surface area contributed by atoms with Crippen molar-refractivity contribution in [2.45, 2.75) is 0 Å². The maximum Gasteiger partial charge on any atom is 0.135 e. The Labute approximate surface area is 267 Å². The molecule has 0 atom stereocenters. The monoisotopic (exact) mass is 588 g/mol. The molecule has 9 rings (SSSR count). The summed E-state index contributed by atoms with van der Waals surface area (Å²) in [5.41, 5.74) is 11.5. The molecule has 0 saturated heterocycles. The van der Waals surface area contributed by atoms with Gasteiger partial charge in [-0.05, 0) is 74.7 Å². The first kappa shape index (κ1) is 26.3. The van der Waals surface area contributed by atoms with Crippen LogP contribution >= 0.6 is 0 Å². The predicted octanol–water partition coefficient (Wildman–Crippen LogP) is 12.5. The molecule has 0 aliphatic carbocycles. The van der Waals surface area contributed by atoms with E-state index in [0.717, 1.165) is 61.6 Å². The molecule has 1 aromatic heterocycles. The van der Waals surface area contributed by atoms with Crippen LogP contribution in [-0.4, -0.2) is 0 Å². The van der Waals surface area contributed by atoms with E-state index in [1.54, 1.807) is 0 Å². The minimum absolute atomic E-state index is 0.829. The van der Waals surface area contributed by atoms with E-state index < -0.39 is 0 Å². The third kappa shape index (κ3) is 4.27. The molecule has 0 fully saturated rings. The lowest BCUT2D eigenvalue weighted by atomic mass is 9.87. The summed E-state index contributed by atoms with van der Waals surface area (Å²) >= 11 is 0. The van der Waals surface area contributed by atoms with Crippen LogP contribution < -0.4 is 4.74 Å². The highest BCUT2D eigenvalue weighted by atomic mass is 16.5. The smallest absolute Gasteiger partial charge is 0.135 e. The number of ether oxygens (including phenoxy) is 1. The average molecular weight is 589 g/mol. The van der Waals surface area contributed by atoms with Crippen LogP contribution in [0.25, 0.3) is 77.9 Å². The minimum Gasteiger partial charge on any atom is -0.456 e. The summed E-state index contributed by atoms with van der Waals surface area (Å²) in [7, 11) is 0. The lowest BCUT2D eigenvalue weighted by molar-refractivity contribution is 0.487. The highest BCUT2D eigenvalue weighted by Crippen LogP contribution is 2.49. The Kier molecular flexibility index (Phi) is 6.17. The SMILES string of the molecule is c1ccc(-c2ccccc2-c2ccccc2-c2ccccc2-c2ccc(-c3ccc4c5c(cccc35)-c3ccccc3O4)o2)cc1. The van der Waals surface area contributed by atoms with Gasteiger partial charge < -0.3 is 9.15 Å². The first-order chi connectivity index (χ1) is 22.8. The molecule has 1 aliphatic rings. The third-order valence-electron chi connectivity index (χ3n) is 8.98. The Morgan fingerprint density at radius 2 is 0.804 bits per heavy atom. The van der Waals surface area contributed by atoms with Gasteiger partial charge in [-0.3, -0.25) is 0 Å². The van der Waals surface area contributed by atoms with Gasteiger partial charge in [-0.15, -0.1) is 0 Å². The van der Waals surface area contributed by atoms with Gasteiger partial charge in [0, 0.05) is 22.1 Å². The first-order valence-corrected chi connectivity index (χ1v) is 15.6. The second-order valence-corrected chi connectivity index (χ2v) is 11.6. The van der Waals surface area contributed by atoms with Crippen LogP contribution in [0, 0.1) is 0 Å². The van der Waals surface area contributed by atoms with Crippen molar-refractivity contribution in [3.05, 3.63) is 170 Å². The van der Waals surface area contributed by atoms with Crippen LogP contribution in [0.1, 0.15) is 0 Å². The lowest BCUT2D eigenvalue weighted by Crippen LogP contribution is -1.97. The Balaban J connectivity index is 1.16. The Morgan fingerprint density at radius 1 is 0.283 bits per heavy atom. The van der Waals surface area contributed by atoms with E-state index >= 15 is 0 Å². The molecule has 2 heteroatoms. The predicted molar refractivity (Wildman–Crippen MR) is 189 cm³/mol. The number of para-hydroxylation sites is 1. The molecular weight excluding hydrogens is 560 g/mol. The fraction of sp³-hybridized carbons (Fsp3) is 0. The second-order valence-electron chi connectivity index (χ2n) is 11.6. The summed E-state index contributed by atoms with van der Waals surface area (Å²) in [6.07, 6.45) is 0. The van der Waals surface area contributed by atoms with E-state index in [9.17, 15) is 0 Å². The zero-order valence-electron chi connectivity index (χ0n) is 25.0. The van der Waals surface area contributed by atoms with Crippen molar-refractivity contribution < 1.29 is 9.15 Å². The fourth-order valence-corrected chi connectivity index (χ4v) is 6.90. The van der Waals surface area contributed by atoms with Gasteiger partial charge >= 0.3 is 0 Å². The molecule has 7 aromatic carbocycles. The molecular formula is C44H28O2. The van der Waals surface area contributed by atoms with Crippen molar-refractivity contribution >= 4 is 10.8 Å². The molecule has 0 saturated carbocycles. The summed E-state index contributed by atoms with van der Waals surface area (Å²) in [5.74, 6) is 3.42. The largest absolute Gasteiger partial charge is 0.456 e. The molecule has 1 aliphatic heterocycles. The molecule has 2 nitrogen and oxygen atoms in total. The highest BCUT2D eigenvalue weighted by Gasteiger charge is 2.23. The average Bonchev–Trinajstić information content (AvgIpc) is 3.62. The maximum absolute atomic E-state index is 6.72. The van der Waals surface area contributed by atoms with E-state index in [2.05, 4.69) is 158 Å². The van der Waals surface area contributed by atoms with Crippen LogP contribution in [0.4, 0.5) is 0 Å². The zero-order chi connectivity index (χ0) is 30.5. The molecule has 8 aromatic rings. The van der Waals surface area contributed by atoms with Crippen LogP contribution in [0.2, 0.25) is 0 Å². The summed E-state index contributed by atoms with van der Waals surface area (Å²) < 4.78 is 13.1. The molecule has 0 spiro atoms. The van der Waals surface area contributed by atoms with Crippen molar-refractivity contribution in [3.8, 4) is 78.7 Å². The Hall–Kier alpha value is -6.12. The van der Waals surface area contributed by atoms with E-state index in [1.165, 1.54) is 27.8 Å². The number of benzene rings is 7. The molecule has 0 amide bonds. The van der Waals surface area contributed by atoms with Gasteiger partial charge in [-0.25, -0.2) is 0 Å². The maximum atomic E-state index is 6.72. The van der Waals surface area contributed by atoms with Crippen LogP contribution in [0.3, 0.4) is 0 Å². The normalized spacial score (nSPS) is 11.7. The Morgan fingerprint density at radius 3 is 1.52 bits per heavy atom. The topological polar surface area (TPSA) is 22.4 Å². The summed E-state index contributed by atoms with van der Waals surface area (Å²) in [6, 6.07) is 59.5. The second kappa shape index (κ2) is 10.8. The molecule has 2 heterocycles. The number of rotatable bonds is 5. The number of hydrogen-bond acceptors (Lipinski definition) is 2. The van der Waals surface area contributed by atoms with E-state index in [-0.39, 0.29) is 0 Å². The Bertz CT molecular complexity index is 2400. The molecule has 46 heavy (non-hydrogen) atoms. The van der Waals surface area contributed by atoms with Crippen LogP contribution in [0.15, 0.2) is 174 Å². The standard InChI is InChI=1S/C44H28O2/c1-2-13-29(14-3-1)30-15-4-5-16-31(30)32-17-6-7-18-33(32)34-19-8-9-20-35(34)41-27-28-42(45-41)37-25-26-43-44-38(22-12-23-39(37)44)36-21-10-11-24-40(36)46-43/h1-28H. The van der Waals surface area contributed by atoms with E-state index in [0.29, 0.717) is 0 Å². The quantitative estimate of drug-likeness (QED) is 0.200. The number of fused-ring (bicyclic) bond motifs is 2. The minimum atomic E-state index is 0.829. The van der Waals surface area contributed by atoms with Gasteiger partial charge in [0.25, 0.3) is 0 Å². The lowest BCUT2D eigenvalue weighted by Gasteiger charge is -2.22. The van der Waals surface area contributed by atoms with Crippen molar-refractivity contribution in [3.63, 3.8) is 0 Å². The van der Waals surface area contributed by atoms with Gasteiger partial charge in [-0.2, -0.15) is 0 Å². The number of furan rings is 1. The summed E-state index contributed by atoms with van der Waals surface area (Å²) in [6.45, 7) is 0. The molecule has 0 radical (unpaired) electrons. The van der Waals surface area contributed by atoms with Crippen LogP contribution in [-0.2, 0) is 0 Å². The van der Waals surface area contributed by atoms with Crippen molar-refractivity contribution in [2.24, 2.45) is 0 Å². The van der Waals surface area contributed by atoms with Crippen LogP contribution in [0.5, 0.6) is 11.5 Å². The van der Waals surface area contributed by atoms with Gasteiger partial charge in [0.15, 0.2) is 0 Å². The third-order valence-corrected chi connectivity index (χ3v) is 8.98. The molecule has 0 unspecified atom stereocenters. The molecule has 216 valence electrons. The van der Waals surface area contributed by atoms with Crippen molar-refractivity contribution in [1.82, 2.24) is 0 Å². The summed E-state index contributed by atoms with van der Waals surface area (Å²) in [4.78, 5) is 0. The van der Waals surface area contributed by atoms with E-state index in [4.69, 9.17) is 9.15 Å². The van der Waals surface area contributed by atoms with Crippen molar-refractivity contribution in [1.29, 1.82) is 0 Å². The fourth-order valence-electron chi connectivity index (χ4n) is 6.90. The summed E-state index contributed by atoms with van der Waals surface area (Å²) in [5, 5.41) is 2.23. The molecule has 0 bridgehead atoms. The van der Waals surface area contributed by atoms with Crippen molar-refractivity contribution in [2.75, 3.05) is 0 Å². The molecule has 0 N–H and O–H groups in total. The van der Waals surface area contributed by atoms with E-state index in [1.807, 2.05) is 12.1 Å². The van der Waals surface area contributed by atoms with Gasteiger partial charge in [-0.1, -0.05) is 140 Å². The van der Waals surface area contributed by atoms with Gasteiger partial charge in [0.1, 0.15) is 23.0 Å². The highest BCUT2D eigenvalue weighted by molar-refractivity contribution is 6.09. The van der Waals surface area contributed by atoms with Gasteiger partial charge in [0.2, 0.25) is 0 Å².